The van der Waals surface area contributed by atoms with Gasteiger partial charge in [-0.05, 0) is 61.2 Å². The van der Waals surface area contributed by atoms with Crippen molar-refractivity contribution in [3.05, 3.63) is 106 Å². The normalized spacial score (nSPS) is 11.8. The predicted octanol–water partition coefficient (Wildman–Crippen LogP) is 6.98. The summed E-state index contributed by atoms with van der Waals surface area (Å²) >= 11 is 7.06. The maximum atomic E-state index is 14.3. The second-order valence-corrected chi connectivity index (χ2v) is 9.74. The second-order valence-electron chi connectivity index (χ2n) is 8.29. The molecule has 0 atom stereocenters. The van der Waals surface area contributed by atoms with Crippen LogP contribution >= 0.6 is 23.4 Å². The zero-order chi connectivity index (χ0) is 25.9. The van der Waals surface area contributed by atoms with E-state index in [4.69, 9.17) is 11.6 Å². The van der Waals surface area contributed by atoms with E-state index in [1.807, 2.05) is 58.7 Å². The molecule has 0 aliphatic heterocycles. The lowest BCUT2D eigenvalue weighted by molar-refractivity contribution is -0.131. The Kier molecular flexibility index (Phi) is 7.12. The first kappa shape index (κ1) is 24.8. The monoisotopic (exact) mass is 532 g/mol. The summed E-state index contributed by atoms with van der Waals surface area (Å²) in [4.78, 5) is 12.4. The molecular weight excluding hydrogens is 511 g/mol. The molecular formula is C28H22ClFN4O2S. The van der Waals surface area contributed by atoms with Gasteiger partial charge in [-0.2, -0.15) is 0 Å². The minimum absolute atomic E-state index is 0.0959. The van der Waals surface area contributed by atoms with Crippen molar-refractivity contribution in [2.24, 2.45) is 0 Å². The molecule has 0 aliphatic carbocycles. The molecule has 186 valence electrons. The molecule has 0 amide bonds. The summed E-state index contributed by atoms with van der Waals surface area (Å²) in [7, 11) is 0. The van der Waals surface area contributed by atoms with Crippen molar-refractivity contribution in [2.75, 3.05) is 0 Å². The summed E-state index contributed by atoms with van der Waals surface area (Å²) in [6.07, 6.45) is 3.48. The van der Waals surface area contributed by atoms with Crippen molar-refractivity contribution in [1.29, 1.82) is 0 Å². The zero-order valence-corrected chi connectivity index (χ0v) is 21.4. The summed E-state index contributed by atoms with van der Waals surface area (Å²) in [6, 6.07) is 21.6. The van der Waals surface area contributed by atoms with E-state index < -0.39 is 5.97 Å². The highest BCUT2D eigenvalue weighted by atomic mass is 35.5. The van der Waals surface area contributed by atoms with Crippen LogP contribution in [-0.2, 0) is 17.9 Å². The van der Waals surface area contributed by atoms with E-state index in [0.717, 1.165) is 33.8 Å². The van der Waals surface area contributed by atoms with E-state index in [-0.39, 0.29) is 10.7 Å². The Balaban J connectivity index is 1.52. The van der Waals surface area contributed by atoms with Gasteiger partial charge < -0.3 is 14.2 Å². The molecule has 37 heavy (non-hydrogen) atoms. The Morgan fingerprint density at radius 2 is 1.78 bits per heavy atom. The minimum atomic E-state index is -1.07. The number of halogens is 2. The topological polar surface area (TPSA) is 72.9 Å². The first-order valence-corrected chi connectivity index (χ1v) is 12.8. The van der Waals surface area contributed by atoms with Crippen LogP contribution in [0.4, 0.5) is 4.39 Å². The van der Waals surface area contributed by atoms with Crippen LogP contribution in [0.15, 0.2) is 89.1 Å². The van der Waals surface area contributed by atoms with Crippen molar-refractivity contribution in [3.8, 4) is 11.4 Å². The van der Waals surface area contributed by atoms with Crippen molar-refractivity contribution >= 4 is 46.3 Å². The Morgan fingerprint density at radius 1 is 1.05 bits per heavy atom. The first-order valence-electron chi connectivity index (χ1n) is 11.6. The molecule has 2 heterocycles. The average Bonchev–Trinajstić information content (AvgIpc) is 3.46. The minimum Gasteiger partial charge on any atom is -0.477 e. The number of rotatable bonds is 8. The number of carbonyl (C=O) groups is 1. The lowest BCUT2D eigenvalue weighted by Crippen LogP contribution is -2.02. The van der Waals surface area contributed by atoms with Crippen LogP contribution in [0, 0.1) is 5.82 Å². The van der Waals surface area contributed by atoms with Gasteiger partial charge in [0.1, 0.15) is 10.7 Å². The van der Waals surface area contributed by atoms with Gasteiger partial charge >= 0.3 is 5.97 Å². The van der Waals surface area contributed by atoms with Crippen LogP contribution in [-0.4, -0.2) is 30.4 Å². The number of aromatic nitrogens is 4. The third kappa shape index (κ3) is 5.16. The summed E-state index contributed by atoms with van der Waals surface area (Å²) in [6.45, 7) is 2.83. The summed E-state index contributed by atoms with van der Waals surface area (Å²) in [5.74, 6) is -0.725. The third-order valence-electron chi connectivity index (χ3n) is 5.95. The Hall–Kier alpha value is -3.88. The molecule has 0 unspecified atom stereocenters. The van der Waals surface area contributed by atoms with Crippen molar-refractivity contribution in [2.45, 2.75) is 25.2 Å². The number of hydrogen-bond acceptors (Lipinski definition) is 4. The molecule has 1 N–H and O–H groups in total. The van der Waals surface area contributed by atoms with Gasteiger partial charge in [0.05, 0.1) is 6.54 Å². The van der Waals surface area contributed by atoms with Gasteiger partial charge in [-0.25, -0.2) is 9.18 Å². The molecule has 6 nitrogen and oxygen atoms in total. The lowest BCUT2D eigenvalue weighted by Gasteiger charge is -2.08. The molecule has 0 saturated carbocycles. The molecule has 3 aromatic carbocycles. The van der Waals surface area contributed by atoms with Crippen LogP contribution in [0.25, 0.3) is 28.4 Å². The predicted molar refractivity (Wildman–Crippen MR) is 145 cm³/mol. The number of hydrogen-bond donors (Lipinski definition) is 1. The number of aliphatic carboxylic acids is 1. The van der Waals surface area contributed by atoms with E-state index in [1.165, 1.54) is 6.07 Å². The highest BCUT2D eigenvalue weighted by molar-refractivity contribution is 8.04. The van der Waals surface area contributed by atoms with Crippen LogP contribution < -0.4 is 0 Å². The third-order valence-corrected chi connectivity index (χ3v) is 7.20. The van der Waals surface area contributed by atoms with E-state index >= 15 is 0 Å². The van der Waals surface area contributed by atoms with Crippen LogP contribution in [0.1, 0.15) is 18.1 Å². The quantitative estimate of drug-likeness (QED) is 0.172. The fraction of sp³-hybridized carbons (Fsp3) is 0.107. The first-order chi connectivity index (χ1) is 17.9. The highest BCUT2D eigenvalue weighted by Gasteiger charge is 2.19. The SMILES string of the molecule is CCn1c(S/C(=C\c2cn(Cc3ccccc3F)c3ccccc23)C(=O)O)nnc1-c1ccc(Cl)cc1. The molecule has 9 heteroatoms. The molecule has 0 radical (unpaired) electrons. The van der Waals surface area contributed by atoms with Gasteiger partial charge in [0.15, 0.2) is 11.0 Å². The standard InChI is InChI=1S/C28H22ClFN4O2S/c1-2-34-26(18-11-13-21(29)14-12-18)31-32-28(34)37-25(27(35)36)15-20-17-33(24-10-6-4-8-22(20)24)16-19-7-3-5-9-23(19)30/h3-15,17H,2,16H2,1H3,(H,35,36)/b25-15-. The van der Waals surface area contributed by atoms with Crippen LogP contribution in [0.2, 0.25) is 5.02 Å². The van der Waals surface area contributed by atoms with Gasteiger partial charge in [-0.15, -0.1) is 10.2 Å². The molecule has 5 rings (SSSR count). The molecule has 5 aromatic rings. The largest absolute Gasteiger partial charge is 0.477 e. The molecule has 0 fully saturated rings. The Morgan fingerprint density at radius 3 is 2.51 bits per heavy atom. The number of thioether (sulfide) groups is 1. The number of fused-ring (bicyclic) bond motifs is 1. The number of carboxylic acids is 1. The van der Waals surface area contributed by atoms with Gasteiger partial charge in [-0.1, -0.05) is 48.0 Å². The van der Waals surface area contributed by atoms with E-state index in [2.05, 4.69) is 10.2 Å². The van der Waals surface area contributed by atoms with E-state index in [9.17, 15) is 14.3 Å². The van der Waals surface area contributed by atoms with E-state index in [0.29, 0.717) is 34.7 Å². The summed E-state index contributed by atoms with van der Waals surface area (Å²) < 4.78 is 18.1. The highest BCUT2D eigenvalue weighted by Crippen LogP contribution is 2.33. The molecule has 0 bridgehead atoms. The van der Waals surface area contributed by atoms with Crippen LogP contribution in [0.3, 0.4) is 0 Å². The molecule has 0 aliphatic rings. The maximum absolute atomic E-state index is 14.3. The summed E-state index contributed by atoms with van der Waals surface area (Å²) in [5.41, 5.74) is 2.99. The maximum Gasteiger partial charge on any atom is 0.342 e. The van der Waals surface area contributed by atoms with Gasteiger partial charge in [0, 0.05) is 45.4 Å². The van der Waals surface area contributed by atoms with Crippen LogP contribution in [0.5, 0.6) is 0 Å². The van der Waals surface area contributed by atoms with Gasteiger partial charge in [0.2, 0.25) is 0 Å². The lowest BCUT2D eigenvalue weighted by atomic mass is 10.1. The van der Waals surface area contributed by atoms with Crippen molar-refractivity contribution in [3.63, 3.8) is 0 Å². The molecule has 2 aromatic heterocycles. The second kappa shape index (κ2) is 10.6. The fourth-order valence-corrected chi connectivity index (χ4v) is 5.17. The van der Waals surface area contributed by atoms with Crippen molar-refractivity contribution < 1.29 is 14.3 Å². The fourth-order valence-electron chi connectivity index (χ4n) is 4.17. The summed E-state index contributed by atoms with van der Waals surface area (Å²) in [5, 5.41) is 20.6. The molecule has 0 spiro atoms. The van der Waals surface area contributed by atoms with E-state index in [1.54, 1.807) is 36.4 Å². The number of para-hydroxylation sites is 1. The molecule has 0 saturated heterocycles. The number of benzene rings is 3. The smallest absolute Gasteiger partial charge is 0.342 e. The zero-order valence-electron chi connectivity index (χ0n) is 19.8. The van der Waals surface area contributed by atoms with Gasteiger partial charge in [-0.3, -0.25) is 0 Å². The Bertz CT molecular complexity index is 1630. The van der Waals surface area contributed by atoms with Gasteiger partial charge in [0.25, 0.3) is 0 Å². The number of carboxylic acid groups (broad SMARTS) is 1. The van der Waals surface area contributed by atoms with Crippen molar-refractivity contribution in [1.82, 2.24) is 19.3 Å². The number of nitrogens with zero attached hydrogens (tertiary/aromatic N) is 4. The Labute approximate surface area is 222 Å². The average molecular weight is 533 g/mol.